The molecule has 0 saturated carbocycles. The van der Waals surface area contributed by atoms with Crippen LogP contribution >= 0.6 is 0 Å². The van der Waals surface area contributed by atoms with E-state index in [0.717, 1.165) is 0 Å². The molecule has 0 unspecified atom stereocenters. The molecule has 19 heavy (non-hydrogen) atoms. The number of phenols is 1. The predicted molar refractivity (Wildman–Crippen MR) is 66.4 cm³/mol. The molecule has 0 radical (unpaired) electrons. The number of carboxylic acid groups (broad SMARTS) is 1. The van der Waals surface area contributed by atoms with Gasteiger partial charge in [0.25, 0.3) is 0 Å². The van der Waals surface area contributed by atoms with Gasteiger partial charge in [-0.25, -0.2) is 4.79 Å². The first-order valence-corrected chi connectivity index (χ1v) is 5.82. The van der Waals surface area contributed by atoms with Crippen LogP contribution in [0.4, 0.5) is 0 Å². The van der Waals surface area contributed by atoms with Crippen LogP contribution in [0.3, 0.4) is 0 Å². The van der Waals surface area contributed by atoms with E-state index in [0.29, 0.717) is 12.0 Å². The SMILES string of the molecule is CC(=O)C[C@H]1Cc2ccc(O)c(C(=O)O)c2OB1O. The second-order valence-electron chi connectivity index (χ2n) is 4.63. The second kappa shape index (κ2) is 4.93. The summed E-state index contributed by atoms with van der Waals surface area (Å²) in [5, 5.41) is 28.4. The normalized spacial score (nSPS) is 17.6. The summed E-state index contributed by atoms with van der Waals surface area (Å²) >= 11 is 0. The molecular formula is C12H13BO6. The molecule has 7 heteroatoms. The summed E-state index contributed by atoms with van der Waals surface area (Å²) in [7, 11) is -1.25. The average molecular weight is 264 g/mol. The van der Waals surface area contributed by atoms with Gasteiger partial charge in [0.2, 0.25) is 0 Å². The van der Waals surface area contributed by atoms with E-state index in [1.807, 2.05) is 0 Å². The summed E-state index contributed by atoms with van der Waals surface area (Å²) in [6.45, 7) is 1.42. The van der Waals surface area contributed by atoms with Gasteiger partial charge in [0.05, 0.1) is 0 Å². The minimum atomic E-state index is -1.33. The molecule has 0 aliphatic carbocycles. The van der Waals surface area contributed by atoms with Crippen LogP contribution < -0.4 is 4.65 Å². The maximum atomic E-state index is 11.1. The van der Waals surface area contributed by atoms with Gasteiger partial charge in [-0.3, -0.25) is 0 Å². The molecule has 1 heterocycles. The number of aromatic carboxylic acids is 1. The van der Waals surface area contributed by atoms with E-state index >= 15 is 0 Å². The van der Waals surface area contributed by atoms with Crippen LogP contribution in [0.15, 0.2) is 12.1 Å². The highest BCUT2D eigenvalue weighted by atomic mass is 16.5. The number of carboxylic acids is 1. The highest BCUT2D eigenvalue weighted by Crippen LogP contribution is 2.39. The summed E-state index contributed by atoms with van der Waals surface area (Å²) in [5.74, 6) is -2.25. The molecule has 0 saturated heterocycles. The molecule has 0 bridgehead atoms. The van der Waals surface area contributed by atoms with Gasteiger partial charge in [-0.1, -0.05) is 6.07 Å². The fourth-order valence-corrected chi connectivity index (χ4v) is 2.26. The van der Waals surface area contributed by atoms with Gasteiger partial charge in [0.1, 0.15) is 22.8 Å². The molecule has 0 fully saturated rings. The van der Waals surface area contributed by atoms with Crippen molar-refractivity contribution >= 4 is 18.9 Å². The molecule has 100 valence electrons. The van der Waals surface area contributed by atoms with Gasteiger partial charge in [0.15, 0.2) is 0 Å². The number of benzene rings is 1. The second-order valence-corrected chi connectivity index (χ2v) is 4.63. The topological polar surface area (TPSA) is 104 Å². The van der Waals surface area contributed by atoms with E-state index in [9.17, 15) is 19.7 Å². The molecule has 1 aromatic rings. The summed E-state index contributed by atoms with van der Waals surface area (Å²) < 4.78 is 5.18. The number of carbonyl (C=O) groups excluding carboxylic acids is 1. The van der Waals surface area contributed by atoms with Gasteiger partial charge in [-0.15, -0.1) is 0 Å². The van der Waals surface area contributed by atoms with Crippen LogP contribution in [-0.2, 0) is 11.2 Å². The van der Waals surface area contributed by atoms with E-state index in [1.165, 1.54) is 19.1 Å². The molecule has 3 N–H and O–H groups in total. The fraction of sp³-hybridized carbons (Fsp3) is 0.333. The van der Waals surface area contributed by atoms with Crippen LogP contribution in [-0.4, -0.2) is 34.1 Å². The van der Waals surface area contributed by atoms with E-state index in [2.05, 4.69) is 0 Å². The molecule has 6 nitrogen and oxygen atoms in total. The predicted octanol–water partition coefficient (Wildman–Crippen LogP) is 0.855. The zero-order valence-corrected chi connectivity index (χ0v) is 10.3. The number of rotatable bonds is 3. The minimum Gasteiger partial charge on any atom is -0.535 e. The Bertz CT molecular complexity index is 541. The summed E-state index contributed by atoms with van der Waals surface area (Å²) in [4.78, 5) is 22.2. The Hall–Kier alpha value is -2.02. The smallest absolute Gasteiger partial charge is 0.526 e. The lowest BCUT2D eigenvalue weighted by Gasteiger charge is -2.28. The Kier molecular flexibility index (Phi) is 3.48. The van der Waals surface area contributed by atoms with Gasteiger partial charge >= 0.3 is 13.1 Å². The summed E-state index contributed by atoms with van der Waals surface area (Å²) in [6, 6.07) is 2.81. The van der Waals surface area contributed by atoms with Crippen molar-refractivity contribution in [3.05, 3.63) is 23.3 Å². The van der Waals surface area contributed by atoms with Crippen LogP contribution in [0.25, 0.3) is 0 Å². The highest BCUT2D eigenvalue weighted by molar-refractivity contribution is 6.47. The maximum absolute atomic E-state index is 11.1. The van der Waals surface area contributed by atoms with Crippen molar-refractivity contribution in [2.75, 3.05) is 0 Å². The standard InChI is InChI=1S/C12H13BO6/c1-6(14)4-8-5-7-2-3-9(15)10(12(16)17)11(7)19-13(8)18/h2-3,8,15,18H,4-5H2,1H3,(H,16,17)/t8-/m0/s1. The van der Waals surface area contributed by atoms with Crippen molar-refractivity contribution in [1.82, 2.24) is 0 Å². The summed E-state index contributed by atoms with van der Waals surface area (Å²) in [5.41, 5.74) is 0.199. The Balaban J connectivity index is 2.40. The largest absolute Gasteiger partial charge is 0.535 e. The van der Waals surface area contributed by atoms with Gasteiger partial charge in [-0.05, 0) is 25.0 Å². The van der Waals surface area contributed by atoms with Crippen molar-refractivity contribution in [3.8, 4) is 11.5 Å². The molecule has 0 spiro atoms. The van der Waals surface area contributed by atoms with Crippen molar-refractivity contribution in [3.63, 3.8) is 0 Å². The van der Waals surface area contributed by atoms with Crippen LogP contribution in [0.5, 0.6) is 11.5 Å². The minimum absolute atomic E-state index is 0.0280. The lowest BCUT2D eigenvalue weighted by atomic mass is 9.64. The molecule has 1 aliphatic heterocycles. The Morgan fingerprint density at radius 2 is 2.16 bits per heavy atom. The lowest BCUT2D eigenvalue weighted by Crippen LogP contribution is -2.35. The number of Topliss-reactive ketones (excluding diaryl/α,β-unsaturated/α-hetero) is 1. The number of ketones is 1. The zero-order chi connectivity index (χ0) is 14.2. The Labute approximate surface area is 109 Å². The molecule has 1 aliphatic rings. The Morgan fingerprint density at radius 3 is 2.74 bits per heavy atom. The van der Waals surface area contributed by atoms with E-state index in [-0.39, 0.29) is 23.5 Å². The third-order valence-corrected chi connectivity index (χ3v) is 3.10. The van der Waals surface area contributed by atoms with Crippen molar-refractivity contribution in [2.24, 2.45) is 0 Å². The van der Waals surface area contributed by atoms with Crippen molar-refractivity contribution < 1.29 is 29.5 Å². The molecule has 0 amide bonds. The quantitative estimate of drug-likeness (QED) is 0.699. The summed E-state index contributed by atoms with van der Waals surface area (Å²) in [6.07, 6.45) is 0.487. The van der Waals surface area contributed by atoms with E-state index in [1.54, 1.807) is 0 Å². The van der Waals surface area contributed by atoms with Crippen molar-refractivity contribution in [1.29, 1.82) is 0 Å². The van der Waals surface area contributed by atoms with Crippen LogP contribution in [0.1, 0.15) is 29.3 Å². The number of carbonyl (C=O) groups is 2. The molecular weight excluding hydrogens is 251 g/mol. The average Bonchev–Trinajstić information content (AvgIpc) is 2.29. The molecule has 1 atom stereocenters. The number of hydrogen-bond donors (Lipinski definition) is 3. The first-order valence-electron chi connectivity index (χ1n) is 5.82. The van der Waals surface area contributed by atoms with Crippen LogP contribution in [0.2, 0.25) is 5.82 Å². The highest BCUT2D eigenvalue weighted by Gasteiger charge is 2.38. The van der Waals surface area contributed by atoms with Gasteiger partial charge in [-0.2, -0.15) is 0 Å². The lowest BCUT2D eigenvalue weighted by molar-refractivity contribution is -0.117. The number of hydrogen-bond acceptors (Lipinski definition) is 5. The molecule has 2 rings (SSSR count). The van der Waals surface area contributed by atoms with Crippen LogP contribution in [0, 0.1) is 0 Å². The third-order valence-electron chi connectivity index (χ3n) is 3.10. The fourth-order valence-electron chi connectivity index (χ4n) is 2.26. The molecule has 1 aromatic carbocycles. The van der Waals surface area contributed by atoms with Crippen molar-refractivity contribution in [2.45, 2.75) is 25.6 Å². The molecule has 0 aromatic heterocycles. The Morgan fingerprint density at radius 1 is 1.47 bits per heavy atom. The number of fused-ring (bicyclic) bond motifs is 1. The number of aromatic hydroxyl groups is 1. The van der Waals surface area contributed by atoms with Gasteiger partial charge in [0, 0.05) is 12.2 Å². The first kappa shape index (κ1) is 13.4. The zero-order valence-electron chi connectivity index (χ0n) is 10.3. The first-order chi connectivity index (χ1) is 8.90. The van der Waals surface area contributed by atoms with E-state index < -0.39 is 24.7 Å². The van der Waals surface area contributed by atoms with Gasteiger partial charge < -0.3 is 24.7 Å². The monoisotopic (exact) mass is 264 g/mol. The van der Waals surface area contributed by atoms with E-state index in [4.69, 9.17) is 9.76 Å². The maximum Gasteiger partial charge on any atom is 0.526 e. The third kappa shape index (κ3) is 2.55.